The average molecular weight is 229 g/mol. The third kappa shape index (κ3) is 8.12. The maximum absolute atomic E-state index is 5.46. The highest BCUT2D eigenvalue weighted by atomic mass is 16.5. The van der Waals surface area contributed by atoms with Gasteiger partial charge in [-0.05, 0) is 59.9 Å². The summed E-state index contributed by atoms with van der Waals surface area (Å²) in [5, 5.41) is 3.59. The van der Waals surface area contributed by atoms with Gasteiger partial charge in [0.25, 0.3) is 0 Å². The van der Waals surface area contributed by atoms with E-state index in [0.717, 1.165) is 18.9 Å². The van der Waals surface area contributed by atoms with Crippen molar-refractivity contribution < 1.29 is 4.74 Å². The van der Waals surface area contributed by atoms with E-state index in [1.165, 1.54) is 12.8 Å². The van der Waals surface area contributed by atoms with Gasteiger partial charge in [-0.15, -0.1) is 0 Å². The van der Waals surface area contributed by atoms with E-state index in [1.807, 2.05) is 0 Å². The van der Waals surface area contributed by atoms with Gasteiger partial charge in [-0.3, -0.25) is 0 Å². The first-order valence-corrected chi connectivity index (χ1v) is 6.50. The van der Waals surface area contributed by atoms with Crippen molar-refractivity contribution in [2.24, 2.45) is 5.92 Å². The third-order valence-corrected chi connectivity index (χ3v) is 3.21. The van der Waals surface area contributed by atoms with Crippen LogP contribution in [0.25, 0.3) is 0 Å². The first-order chi connectivity index (χ1) is 7.20. The lowest BCUT2D eigenvalue weighted by Crippen LogP contribution is -2.39. The Morgan fingerprint density at radius 3 is 2.06 bits per heavy atom. The summed E-state index contributed by atoms with van der Waals surface area (Å²) >= 11 is 0. The van der Waals surface area contributed by atoms with Gasteiger partial charge in [-0.1, -0.05) is 13.3 Å². The van der Waals surface area contributed by atoms with Gasteiger partial charge in [0.05, 0.1) is 5.60 Å². The summed E-state index contributed by atoms with van der Waals surface area (Å²) in [7, 11) is 1.80. The quantitative estimate of drug-likeness (QED) is 0.720. The third-order valence-electron chi connectivity index (χ3n) is 3.21. The highest BCUT2D eigenvalue weighted by molar-refractivity contribution is 4.75. The van der Waals surface area contributed by atoms with Gasteiger partial charge in [0.2, 0.25) is 0 Å². The van der Waals surface area contributed by atoms with Crippen molar-refractivity contribution in [3.05, 3.63) is 0 Å². The highest BCUT2D eigenvalue weighted by Crippen LogP contribution is 2.21. The summed E-state index contributed by atoms with van der Waals surface area (Å²) in [6.07, 6.45) is 3.61. The molecule has 98 valence electrons. The lowest BCUT2D eigenvalue weighted by Gasteiger charge is -2.28. The van der Waals surface area contributed by atoms with Crippen LogP contribution in [0.1, 0.15) is 60.8 Å². The molecule has 16 heavy (non-hydrogen) atoms. The predicted molar refractivity (Wildman–Crippen MR) is 71.9 cm³/mol. The topological polar surface area (TPSA) is 21.3 Å². The molecule has 0 heterocycles. The molecular formula is C14H31NO. The van der Waals surface area contributed by atoms with Crippen LogP contribution in [0.15, 0.2) is 0 Å². The van der Waals surface area contributed by atoms with Crippen molar-refractivity contribution in [2.75, 3.05) is 13.7 Å². The van der Waals surface area contributed by atoms with Gasteiger partial charge in [0, 0.05) is 12.6 Å². The van der Waals surface area contributed by atoms with Crippen LogP contribution in [0.2, 0.25) is 0 Å². The Balaban J connectivity index is 3.93. The standard InChI is InChI=1S/C14H31NO/c1-8-12(11-15-13(2,3)4)9-10-14(5,6)16-7/h12,15H,8-11H2,1-7H3. The smallest absolute Gasteiger partial charge is 0.0622 e. The van der Waals surface area contributed by atoms with E-state index >= 15 is 0 Å². The minimum Gasteiger partial charge on any atom is -0.379 e. The van der Waals surface area contributed by atoms with Crippen LogP contribution in [-0.4, -0.2) is 24.8 Å². The van der Waals surface area contributed by atoms with Crippen molar-refractivity contribution in [1.29, 1.82) is 0 Å². The summed E-state index contributed by atoms with van der Waals surface area (Å²) < 4.78 is 5.46. The summed E-state index contributed by atoms with van der Waals surface area (Å²) in [5.41, 5.74) is 0.249. The first-order valence-electron chi connectivity index (χ1n) is 6.50. The van der Waals surface area contributed by atoms with Crippen molar-refractivity contribution in [2.45, 2.75) is 71.9 Å². The molecule has 0 amide bonds. The number of hydrogen-bond donors (Lipinski definition) is 1. The monoisotopic (exact) mass is 229 g/mol. The number of hydrogen-bond acceptors (Lipinski definition) is 2. The SMILES string of the molecule is CCC(CCC(C)(C)OC)CNC(C)(C)C. The lowest BCUT2D eigenvalue weighted by atomic mass is 9.92. The van der Waals surface area contributed by atoms with Crippen molar-refractivity contribution >= 4 is 0 Å². The Labute approximate surface area is 102 Å². The van der Waals surface area contributed by atoms with Gasteiger partial charge < -0.3 is 10.1 Å². The predicted octanol–water partition coefficient (Wildman–Crippen LogP) is 3.61. The molecule has 0 spiro atoms. The zero-order valence-corrected chi connectivity index (χ0v) is 12.3. The maximum Gasteiger partial charge on any atom is 0.0622 e. The first kappa shape index (κ1) is 15.9. The molecule has 1 unspecified atom stereocenters. The van der Waals surface area contributed by atoms with Gasteiger partial charge in [0.1, 0.15) is 0 Å². The molecule has 0 aliphatic heterocycles. The molecule has 0 bridgehead atoms. The van der Waals surface area contributed by atoms with E-state index in [0.29, 0.717) is 0 Å². The Morgan fingerprint density at radius 2 is 1.69 bits per heavy atom. The molecule has 0 saturated carbocycles. The zero-order valence-electron chi connectivity index (χ0n) is 12.3. The van der Waals surface area contributed by atoms with E-state index in [2.05, 4.69) is 46.9 Å². The zero-order chi connectivity index (χ0) is 12.8. The van der Waals surface area contributed by atoms with Crippen LogP contribution < -0.4 is 5.32 Å². The molecule has 2 nitrogen and oxygen atoms in total. The molecule has 0 rings (SSSR count). The van der Waals surface area contributed by atoms with Crippen LogP contribution in [0.3, 0.4) is 0 Å². The second-order valence-corrected chi connectivity index (χ2v) is 6.41. The van der Waals surface area contributed by atoms with Crippen LogP contribution in [0, 0.1) is 5.92 Å². The molecule has 0 aliphatic rings. The molecule has 0 fully saturated rings. The Bertz CT molecular complexity index is 182. The highest BCUT2D eigenvalue weighted by Gasteiger charge is 2.19. The van der Waals surface area contributed by atoms with Crippen molar-refractivity contribution in [3.63, 3.8) is 0 Å². The lowest BCUT2D eigenvalue weighted by molar-refractivity contribution is 0.0101. The fourth-order valence-electron chi connectivity index (χ4n) is 1.55. The van der Waals surface area contributed by atoms with Crippen molar-refractivity contribution in [1.82, 2.24) is 5.32 Å². The van der Waals surface area contributed by atoms with E-state index in [4.69, 9.17) is 4.74 Å². The molecule has 0 aromatic heterocycles. The molecule has 0 aromatic carbocycles. The molecular weight excluding hydrogens is 198 g/mol. The summed E-state index contributed by atoms with van der Waals surface area (Å²) in [5.74, 6) is 0.758. The van der Waals surface area contributed by atoms with Gasteiger partial charge in [-0.25, -0.2) is 0 Å². The summed E-state index contributed by atoms with van der Waals surface area (Å²) in [6.45, 7) is 14.4. The maximum atomic E-state index is 5.46. The average Bonchev–Trinajstić information content (AvgIpc) is 2.16. The molecule has 0 aliphatic carbocycles. The molecule has 0 saturated heterocycles. The van der Waals surface area contributed by atoms with Crippen LogP contribution >= 0.6 is 0 Å². The second-order valence-electron chi connectivity index (χ2n) is 6.41. The van der Waals surface area contributed by atoms with Crippen LogP contribution in [0.4, 0.5) is 0 Å². The normalized spacial score (nSPS) is 15.2. The van der Waals surface area contributed by atoms with E-state index in [1.54, 1.807) is 7.11 Å². The Morgan fingerprint density at radius 1 is 1.12 bits per heavy atom. The van der Waals surface area contributed by atoms with Crippen LogP contribution in [-0.2, 0) is 4.74 Å². The Hall–Kier alpha value is -0.0800. The fraction of sp³-hybridized carbons (Fsp3) is 1.00. The minimum atomic E-state index is 0.0230. The van der Waals surface area contributed by atoms with Crippen molar-refractivity contribution in [3.8, 4) is 0 Å². The van der Waals surface area contributed by atoms with E-state index in [9.17, 15) is 0 Å². The summed E-state index contributed by atoms with van der Waals surface area (Å²) in [4.78, 5) is 0. The number of ether oxygens (including phenoxy) is 1. The number of nitrogens with one attached hydrogen (secondary N) is 1. The van der Waals surface area contributed by atoms with Gasteiger partial charge in [-0.2, -0.15) is 0 Å². The second kappa shape index (κ2) is 6.61. The van der Waals surface area contributed by atoms with Gasteiger partial charge in [0.15, 0.2) is 0 Å². The minimum absolute atomic E-state index is 0.0230. The Kier molecular flexibility index (Phi) is 6.57. The number of methoxy groups -OCH3 is 1. The molecule has 0 aromatic rings. The molecule has 1 atom stereocenters. The largest absolute Gasteiger partial charge is 0.379 e. The molecule has 1 N–H and O–H groups in total. The van der Waals surface area contributed by atoms with E-state index < -0.39 is 0 Å². The van der Waals surface area contributed by atoms with Gasteiger partial charge >= 0.3 is 0 Å². The number of rotatable bonds is 7. The van der Waals surface area contributed by atoms with Crippen LogP contribution in [0.5, 0.6) is 0 Å². The fourth-order valence-corrected chi connectivity index (χ4v) is 1.55. The summed E-state index contributed by atoms with van der Waals surface area (Å²) in [6, 6.07) is 0. The van der Waals surface area contributed by atoms with E-state index in [-0.39, 0.29) is 11.1 Å². The molecule has 2 heteroatoms. The molecule has 0 radical (unpaired) electrons.